The summed E-state index contributed by atoms with van der Waals surface area (Å²) in [5.41, 5.74) is 2.03. The van der Waals surface area contributed by atoms with E-state index in [0.29, 0.717) is 0 Å². The van der Waals surface area contributed by atoms with Crippen LogP contribution in [0.1, 0.15) is 0 Å². The monoisotopic (exact) mass is 241 g/mol. The van der Waals surface area contributed by atoms with Crippen LogP contribution in [0.2, 0.25) is 0 Å². The first-order chi connectivity index (χ1) is 5.88. The van der Waals surface area contributed by atoms with Gasteiger partial charge in [-0.2, -0.15) is 0 Å². The van der Waals surface area contributed by atoms with E-state index in [-0.39, 0.29) is 0 Å². The predicted molar refractivity (Wildman–Crippen MR) is 50.8 cm³/mol. The Morgan fingerprint density at radius 3 is 2.92 bits per heavy atom. The maximum absolute atomic E-state index is 4.02. The molecule has 0 radical (unpaired) electrons. The molecule has 2 aromatic heterocycles. The first kappa shape index (κ1) is 7.82. The molecule has 0 saturated heterocycles. The van der Waals surface area contributed by atoms with Gasteiger partial charge < -0.3 is 0 Å². The summed E-state index contributed by atoms with van der Waals surface area (Å²) in [5, 5.41) is 1.96. The van der Waals surface area contributed by atoms with Crippen LogP contribution in [0.3, 0.4) is 0 Å². The Bertz CT molecular complexity index is 374. The molecule has 0 saturated carbocycles. The molecule has 2 rings (SSSR count). The normalized spacial score (nSPS) is 10.1. The zero-order chi connectivity index (χ0) is 8.39. The van der Waals surface area contributed by atoms with E-state index in [4.69, 9.17) is 0 Å². The van der Waals surface area contributed by atoms with Gasteiger partial charge in [0.2, 0.25) is 0 Å². The molecule has 0 aliphatic carbocycles. The van der Waals surface area contributed by atoms with Crippen molar-refractivity contribution in [3.05, 3.63) is 28.7 Å². The van der Waals surface area contributed by atoms with Crippen molar-refractivity contribution < 1.29 is 0 Å². The highest BCUT2D eigenvalue weighted by Crippen LogP contribution is 2.25. The van der Waals surface area contributed by atoms with Crippen LogP contribution in [0.4, 0.5) is 0 Å². The summed E-state index contributed by atoms with van der Waals surface area (Å²) in [5.74, 6) is 0. The van der Waals surface area contributed by atoms with Gasteiger partial charge in [-0.05, 0) is 27.5 Å². The highest BCUT2D eigenvalue weighted by atomic mass is 79.9. The fraction of sp³-hybridized carbons (Fsp3) is 0. The first-order valence-corrected chi connectivity index (χ1v) is 4.86. The summed E-state index contributed by atoms with van der Waals surface area (Å²) in [4.78, 5) is 7.95. The highest BCUT2D eigenvalue weighted by molar-refractivity contribution is 9.10. The quantitative estimate of drug-likeness (QED) is 0.720. The van der Waals surface area contributed by atoms with E-state index < -0.39 is 0 Å². The Morgan fingerprint density at radius 2 is 2.25 bits per heavy atom. The molecule has 0 aliphatic heterocycles. The zero-order valence-corrected chi connectivity index (χ0v) is 8.34. The lowest BCUT2D eigenvalue weighted by molar-refractivity contribution is 1.14. The average molecular weight is 242 g/mol. The molecule has 0 aliphatic rings. The smallest absolute Gasteiger partial charge is 0.117 e. The minimum atomic E-state index is 0.803. The molecule has 0 aromatic carbocycles. The Balaban J connectivity index is 2.55. The molecular formula is C7H4BrN3S. The average Bonchev–Trinajstić information content (AvgIpc) is 2.57. The highest BCUT2D eigenvalue weighted by Gasteiger charge is 2.03. The summed E-state index contributed by atoms with van der Waals surface area (Å²) in [6.07, 6.45) is 5.07. The standard InChI is InChI=1S/C7H4BrN3S/c8-7-6(2-9-4-10-7)5-1-11-12-3-5/h1-4H. The third kappa shape index (κ3) is 1.37. The van der Waals surface area contributed by atoms with Crippen LogP contribution in [0.25, 0.3) is 11.1 Å². The second-order valence-corrected chi connectivity index (χ2v) is 3.55. The van der Waals surface area contributed by atoms with E-state index in [0.717, 1.165) is 15.7 Å². The molecule has 12 heavy (non-hydrogen) atoms. The molecule has 0 N–H and O–H groups in total. The molecule has 60 valence electrons. The van der Waals surface area contributed by atoms with Crippen molar-refractivity contribution >= 4 is 27.5 Å². The maximum Gasteiger partial charge on any atom is 0.117 e. The van der Waals surface area contributed by atoms with Crippen molar-refractivity contribution in [3.63, 3.8) is 0 Å². The Kier molecular flexibility index (Phi) is 2.14. The van der Waals surface area contributed by atoms with E-state index in [1.54, 1.807) is 12.4 Å². The lowest BCUT2D eigenvalue weighted by Crippen LogP contribution is -1.82. The lowest BCUT2D eigenvalue weighted by atomic mass is 10.2. The third-order valence-corrected chi connectivity index (χ3v) is 2.63. The predicted octanol–water partition coefficient (Wildman–Crippen LogP) is 2.36. The van der Waals surface area contributed by atoms with Gasteiger partial charge in [0.25, 0.3) is 0 Å². The molecule has 0 amide bonds. The van der Waals surface area contributed by atoms with Crippen LogP contribution in [-0.4, -0.2) is 14.3 Å². The van der Waals surface area contributed by atoms with E-state index >= 15 is 0 Å². The fourth-order valence-corrected chi connectivity index (χ4v) is 1.81. The number of aromatic nitrogens is 3. The third-order valence-electron chi connectivity index (χ3n) is 1.41. The largest absolute Gasteiger partial charge is 0.244 e. The molecule has 0 bridgehead atoms. The van der Waals surface area contributed by atoms with Crippen LogP contribution >= 0.6 is 27.5 Å². The Hall–Kier alpha value is -0.810. The van der Waals surface area contributed by atoms with Crippen molar-refractivity contribution in [2.24, 2.45) is 0 Å². The van der Waals surface area contributed by atoms with Crippen LogP contribution in [0, 0.1) is 0 Å². The fourth-order valence-electron chi connectivity index (χ4n) is 0.846. The SMILES string of the molecule is Brc1ncncc1-c1cnsc1. The minimum Gasteiger partial charge on any atom is -0.244 e. The van der Waals surface area contributed by atoms with Gasteiger partial charge in [-0.3, -0.25) is 0 Å². The molecule has 2 heterocycles. The molecule has 0 spiro atoms. The van der Waals surface area contributed by atoms with Crippen LogP contribution in [0.15, 0.2) is 28.7 Å². The number of rotatable bonds is 1. The van der Waals surface area contributed by atoms with Crippen LogP contribution in [-0.2, 0) is 0 Å². The van der Waals surface area contributed by atoms with Crippen molar-refractivity contribution in [1.82, 2.24) is 14.3 Å². The van der Waals surface area contributed by atoms with Crippen molar-refractivity contribution in [2.45, 2.75) is 0 Å². The molecule has 2 aromatic rings. The van der Waals surface area contributed by atoms with Gasteiger partial charge in [-0.25, -0.2) is 14.3 Å². The molecular weight excluding hydrogens is 238 g/mol. The number of nitrogens with zero attached hydrogens (tertiary/aromatic N) is 3. The van der Waals surface area contributed by atoms with Gasteiger partial charge >= 0.3 is 0 Å². The Labute approximate surface area is 81.8 Å². The first-order valence-electron chi connectivity index (χ1n) is 3.23. The maximum atomic E-state index is 4.02. The zero-order valence-electron chi connectivity index (χ0n) is 5.94. The van der Waals surface area contributed by atoms with E-state index in [1.165, 1.54) is 17.9 Å². The van der Waals surface area contributed by atoms with E-state index in [9.17, 15) is 0 Å². The Morgan fingerprint density at radius 1 is 1.33 bits per heavy atom. The second kappa shape index (κ2) is 3.28. The van der Waals surface area contributed by atoms with Gasteiger partial charge in [-0.15, -0.1) is 0 Å². The summed E-state index contributed by atoms with van der Waals surface area (Å²) >= 11 is 4.76. The number of hydrogen-bond acceptors (Lipinski definition) is 4. The van der Waals surface area contributed by atoms with E-state index in [1.807, 2.05) is 5.38 Å². The second-order valence-electron chi connectivity index (χ2n) is 2.14. The van der Waals surface area contributed by atoms with Crippen LogP contribution < -0.4 is 0 Å². The van der Waals surface area contributed by atoms with Gasteiger partial charge in [0, 0.05) is 28.9 Å². The summed E-state index contributed by atoms with van der Waals surface area (Å²) in [6.45, 7) is 0. The van der Waals surface area contributed by atoms with Gasteiger partial charge in [0.05, 0.1) is 0 Å². The minimum absolute atomic E-state index is 0.803. The molecule has 0 unspecified atom stereocenters. The summed E-state index contributed by atoms with van der Waals surface area (Å²) in [6, 6.07) is 0. The van der Waals surface area contributed by atoms with Gasteiger partial charge in [0.15, 0.2) is 0 Å². The van der Waals surface area contributed by atoms with Crippen molar-refractivity contribution in [1.29, 1.82) is 0 Å². The lowest BCUT2D eigenvalue weighted by Gasteiger charge is -1.96. The van der Waals surface area contributed by atoms with Crippen LogP contribution in [0.5, 0.6) is 0 Å². The number of hydrogen-bond donors (Lipinski definition) is 0. The van der Waals surface area contributed by atoms with Gasteiger partial charge in [0.1, 0.15) is 10.9 Å². The van der Waals surface area contributed by atoms with E-state index in [2.05, 4.69) is 30.3 Å². The summed E-state index contributed by atoms with van der Waals surface area (Å²) < 4.78 is 4.81. The molecule has 5 heteroatoms. The van der Waals surface area contributed by atoms with Gasteiger partial charge in [-0.1, -0.05) is 0 Å². The molecule has 3 nitrogen and oxygen atoms in total. The van der Waals surface area contributed by atoms with Crippen molar-refractivity contribution in [2.75, 3.05) is 0 Å². The summed E-state index contributed by atoms with van der Waals surface area (Å²) in [7, 11) is 0. The molecule has 0 atom stereocenters. The van der Waals surface area contributed by atoms with Crippen molar-refractivity contribution in [3.8, 4) is 11.1 Å². The molecule has 0 fully saturated rings. The number of halogens is 1. The topological polar surface area (TPSA) is 38.7 Å².